The maximum atomic E-state index is 9.29. The molecule has 0 bridgehead atoms. The summed E-state index contributed by atoms with van der Waals surface area (Å²) in [5.74, 6) is 0.852. The van der Waals surface area contributed by atoms with Crippen molar-refractivity contribution in [2.24, 2.45) is 0 Å². The lowest BCUT2D eigenvalue weighted by Gasteiger charge is -2.13. The van der Waals surface area contributed by atoms with E-state index in [0.717, 1.165) is 28.0 Å². The summed E-state index contributed by atoms with van der Waals surface area (Å²) in [5, 5.41) is 9.29. The average Bonchev–Trinajstić information content (AvgIpc) is 2.39. The summed E-state index contributed by atoms with van der Waals surface area (Å²) in [5.41, 5.74) is 4.21. The molecule has 0 aliphatic rings. The summed E-state index contributed by atoms with van der Waals surface area (Å²) in [6.45, 7) is 2.09. The number of methoxy groups -OCH3 is 1. The molecule has 2 aromatic rings. The van der Waals surface area contributed by atoms with E-state index in [1.165, 1.54) is 0 Å². The van der Waals surface area contributed by atoms with Gasteiger partial charge in [-0.05, 0) is 29.7 Å². The number of rotatable bonds is 3. The van der Waals surface area contributed by atoms with Crippen LogP contribution in [0.5, 0.6) is 5.75 Å². The fraction of sp³-hybridized carbons (Fsp3) is 0.200. The van der Waals surface area contributed by atoms with Crippen LogP contribution in [0.4, 0.5) is 0 Å². The second kappa shape index (κ2) is 5.02. The van der Waals surface area contributed by atoms with Crippen molar-refractivity contribution in [1.82, 2.24) is 0 Å². The fourth-order valence-corrected chi connectivity index (χ4v) is 2.01. The highest BCUT2D eigenvalue weighted by Gasteiger charge is 2.09. The smallest absolute Gasteiger partial charge is 0.126 e. The molecule has 0 spiro atoms. The summed E-state index contributed by atoms with van der Waals surface area (Å²) >= 11 is 0. The molecule has 17 heavy (non-hydrogen) atoms. The van der Waals surface area contributed by atoms with Gasteiger partial charge >= 0.3 is 0 Å². The summed E-state index contributed by atoms with van der Waals surface area (Å²) in [6, 6.07) is 13.9. The van der Waals surface area contributed by atoms with Gasteiger partial charge in [0.15, 0.2) is 0 Å². The van der Waals surface area contributed by atoms with Crippen LogP contribution in [0, 0.1) is 6.92 Å². The largest absolute Gasteiger partial charge is 0.496 e. The zero-order chi connectivity index (χ0) is 12.3. The van der Waals surface area contributed by atoms with Crippen LogP contribution in [0.15, 0.2) is 42.5 Å². The quantitative estimate of drug-likeness (QED) is 0.874. The number of para-hydroxylation sites is 1. The predicted octanol–water partition coefficient (Wildman–Crippen LogP) is 3.16. The van der Waals surface area contributed by atoms with Crippen LogP contribution in [0.3, 0.4) is 0 Å². The Morgan fingerprint density at radius 1 is 1.00 bits per heavy atom. The molecule has 0 aliphatic carbocycles. The molecule has 0 saturated carbocycles. The first-order chi connectivity index (χ1) is 8.27. The van der Waals surface area contributed by atoms with Crippen molar-refractivity contribution in [1.29, 1.82) is 0 Å². The minimum Gasteiger partial charge on any atom is -0.496 e. The molecule has 1 N–H and O–H groups in total. The molecule has 0 aliphatic heterocycles. The average molecular weight is 228 g/mol. The van der Waals surface area contributed by atoms with E-state index in [-0.39, 0.29) is 6.61 Å². The molecular formula is C15H16O2. The Kier molecular flexibility index (Phi) is 3.45. The number of aliphatic hydroxyl groups is 1. The Morgan fingerprint density at radius 3 is 2.41 bits per heavy atom. The lowest BCUT2D eigenvalue weighted by Crippen LogP contribution is -1.94. The van der Waals surface area contributed by atoms with Gasteiger partial charge in [0, 0.05) is 5.56 Å². The predicted molar refractivity (Wildman–Crippen MR) is 69.1 cm³/mol. The van der Waals surface area contributed by atoms with E-state index in [9.17, 15) is 5.11 Å². The minimum atomic E-state index is 0.0643. The summed E-state index contributed by atoms with van der Waals surface area (Å²) in [7, 11) is 1.67. The monoisotopic (exact) mass is 228 g/mol. The van der Waals surface area contributed by atoms with E-state index in [2.05, 4.69) is 0 Å². The molecule has 0 saturated heterocycles. The number of aliphatic hydroxyl groups excluding tert-OH is 1. The third-order valence-corrected chi connectivity index (χ3v) is 3.01. The van der Waals surface area contributed by atoms with Gasteiger partial charge < -0.3 is 9.84 Å². The number of benzene rings is 2. The van der Waals surface area contributed by atoms with Crippen LogP contribution in [0.25, 0.3) is 11.1 Å². The van der Waals surface area contributed by atoms with Gasteiger partial charge in [0.05, 0.1) is 13.7 Å². The molecule has 0 amide bonds. The summed E-state index contributed by atoms with van der Waals surface area (Å²) in [6.07, 6.45) is 0. The lowest BCUT2D eigenvalue weighted by atomic mass is 9.96. The Morgan fingerprint density at radius 2 is 1.71 bits per heavy atom. The highest BCUT2D eigenvalue weighted by atomic mass is 16.5. The molecule has 2 rings (SSSR count). The van der Waals surface area contributed by atoms with Gasteiger partial charge in [-0.1, -0.05) is 36.4 Å². The second-order valence-electron chi connectivity index (χ2n) is 3.95. The Labute approximate surface area is 101 Å². The van der Waals surface area contributed by atoms with Gasteiger partial charge in [0.25, 0.3) is 0 Å². The van der Waals surface area contributed by atoms with E-state index in [1.807, 2.05) is 49.4 Å². The van der Waals surface area contributed by atoms with Crippen molar-refractivity contribution in [3.63, 3.8) is 0 Å². The normalized spacial score (nSPS) is 10.3. The van der Waals surface area contributed by atoms with Gasteiger partial charge in [-0.25, -0.2) is 0 Å². The molecule has 0 unspecified atom stereocenters. The number of ether oxygens (including phenoxy) is 1. The zero-order valence-corrected chi connectivity index (χ0v) is 10.1. The SMILES string of the molecule is COc1ccccc1-c1cccc(CO)c1C. The maximum Gasteiger partial charge on any atom is 0.126 e. The maximum absolute atomic E-state index is 9.29. The van der Waals surface area contributed by atoms with E-state index in [0.29, 0.717) is 0 Å². The van der Waals surface area contributed by atoms with Crippen molar-refractivity contribution in [2.45, 2.75) is 13.5 Å². The molecule has 2 nitrogen and oxygen atoms in total. The van der Waals surface area contributed by atoms with E-state index in [4.69, 9.17) is 4.74 Å². The highest BCUT2D eigenvalue weighted by molar-refractivity contribution is 5.74. The van der Waals surface area contributed by atoms with Gasteiger partial charge in [-0.15, -0.1) is 0 Å². The second-order valence-corrected chi connectivity index (χ2v) is 3.95. The highest BCUT2D eigenvalue weighted by Crippen LogP contribution is 2.32. The minimum absolute atomic E-state index is 0.0643. The first-order valence-corrected chi connectivity index (χ1v) is 5.60. The topological polar surface area (TPSA) is 29.5 Å². The molecule has 2 aromatic carbocycles. The first-order valence-electron chi connectivity index (χ1n) is 5.60. The van der Waals surface area contributed by atoms with Gasteiger partial charge in [0.1, 0.15) is 5.75 Å². The van der Waals surface area contributed by atoms with Crippen molar-refractivity contribution in [3.8, 4) is 16.9 Å². The standard InChI is InChI=1S/C15H16O2/c1-11-12(10-16)6-5-8-13(11)14-7-3-4-9-15(14)17-2/h3-9,16H,10H2,1-2H3. The van der Waals surface area contributed by atoms with E-state index < -0.39 is 0 Å². The van der Waals surface area contributed by atoms with Crippen LogP contribution < -0.4 is 4.74 Å². The summed E-state index contributed by atoms with van der Waals surface area (Å²) < 4.78 is 5.37. The zero-order valence-electron chi connectivity index (χ0n) is 10.1. The van der Waals surface area contributed by atoms with Crippen molar-refractivity contribution in [3.05, 3.63) is 53.6 Å². The third kappa shape index (κ3) is 2.17. The van der Waals surface area contributed by atoms with Gasteiger partial charge in [-0.2, -0.15) is 0 Å². The van der Waals surface area contributed by atoms with Gasteiger partial charge in [-0.3, -0.25) is 0 Å². The van der Waals surface area contributed by atoms with Crippen LogP contribution >= 0.6 is 0 Å². The lowest BCUT2D eigenvalue weighted by molar-refractivity contribution is 0.281. The van der Waals surface area contributed by atoms with Crippen LogP contribution in [0.2, 0.25) is 0 Å². The Balaban J connectivity index is 2.60. The summed E-state index contributed by atoms with van der Waals surface area (Å²) in [4.78, 5) is 0. The van der Waals surface area contributed by atoms with Crippen molar-refractivity contribution >= 4 is 0 Å². The van der Waals surface area contributed by atoms with Crippen molar-refractivity contribution in [2.75, 3.05) is 7.11 Å². The molecule has 0 radical (unpaired) electrons. The molecule has 0 heterocycles. The first kappa shape index (κ1) is 11.7. The van der Waals surface area contributed by atoms with Crippen molar-refractivity contribution < 1.29 is 9.84 Å². The molecular weight excluding hydrogens is 212 g/mol. The van der Waals surface area contributed by atoms with Gasteiger partial charge in [0.2, 0.25) is 0 Å². The van der Waals surface area contributed by atoms with Crippen LogP contribution in [-0.4, -0.2) is 12.2 Å². The fourth-order valence-electron chi connectivity index (χ4n) is 2.01. The molecule has 0 fully saturated rings. The Hall–Kier alpha value is -1.80. The molecule has 0 atom stereocenters. The number of hydrogen-bond donors (Lipinski definition) is 1. The third-order valence-electron chi connectivity index (χ3n) is 3.01. The van der Waals surface area contributed by atoms with Crippen LogP contribution in [-0.2, 0) is 6.61 Å². The molecule has 88 valence electrons. The van der Waals surface area contributed by atoms with E-state index in [1.54, 1.807) is 7.11 Å². The number of hydrogen-bond acceptors (Lipinski definition) is 2. The Bertz CT molecular complexity index is 518. The molecule has 2 heteroatoms. The molecule has 0 aromatic heterocycles. The van der Waals surface area contributed by atoms with Crippen LogP contribution in [0.1, 0.15) is 11.1 Å². The van der Waals surface area contributed by atoms with E-state index >= 15 is 0 Å².